The van der Waals surface area contributed by atoms with Crippen LogP contribution in [0.3, 0.4) is 0 Å². The Morgan fingerprint density at radius 3 is 2.36 bits per heavy atom. The molecule has 2 aromatic rings. The molecule has 116 valence electrons. The molecule has 0 bridgehead atoms. The maximum absolute atomic E-state index is 6.15. The fourth-order valence-electron chi connectivity index (χ4n) is 3.06. The van der Waals surface area contributed by atoms with E-state index in [2.05, 4.69) is 57.5 Å². The summed E-state index contributed by atoms with van der Waals surface area (Å²) in [6.45, 7) is 8.34. The van der Waals surface area contributed by atoms with Crippen LogP contribution >= 0.6 is 0 Å². The highest BCUT2D eigenvalue weighted by Crippen LogP contribution is 2.40. The van der Waals surface area contributed by atoms with Crippen molar-refractivity contribution >= 4 is 23.6 Å². The number of aryl methyl sites for hydroxylation is 1. The molecule has 1 aromatic carbocycles. The first-order valence-corrected chi connectivity index (χ1v) is 8.10. The minimum absolute atomic E-state index is 0.307. The van der Waals surface area contributed by atoms with Gasteiger partial charge in [0.25, 0.3) is 0 Å². The van der Waals surface area contributed by atoms with Crippen LogP contribution < -0.4 is 5.46 Å². The van der Waals surface area contributed by atoms with E-state index >= 15 is 0 Å². The summed E-state index contributed by atoms with van der Waals surface area (Å²) in [5.41, 5.74) is 2.67. The monoisotopic (exact) mass is 298 g/mol. The number of nitrogens with zero attached hydrogens (tertiary/aromatic N) is 2. The minimum atomic E-state index is -0.311. The van der Waals surface area contributed by atoms with Crippen LogP contribution in [0.5, 0.6) is 0 Å². The minimum Gasteiger partial charge on any atom is -0.399 e. The van der Waals surface area contributed by atoms with Gasteiger partial charge in [0, 0.05) is 13.0 Å². The lowest BCUT2D eigenvalue weighted by molar-refractivity contribution is 0.00578. The summed E-state index contributed by atoms with van der Waals surface area (Å²) in [5, 5.41) is 0. The third-order valence-electron chi connectivity index (χ3n) is 5.41. The molecule has 2 heterocycles. The molecule has 22 heavy (non-hydrogen) atoms. The zero-order valence-electron chi connectivity index (χ0n) is 14.0. The van der Waals surface area contributed by atoms with E-state index < -0.39 is 0 Å². The Kier molecular flexibility index (Phi) is 2.83. The van der Waals surface area contributed by atoms with Crippen LogP contribution in [0, 0.1) is 0 Å². The van der Waals surface area contributed by atoms with Crippen LogP contribution in [0.15, 0.2) is 18.2 Å². The molecule has 4 nitrogen and oxygen atoms in total. The first-order valence-electron chi connectivity index (χ1n) is 8.10. The van der Waals surface area contributed by atoms with E-state index in [-0.39, 0.29) is 18.3 Å². The average Bonchev–Trinajstić information content (AvgIpc) is 3.18. The largest absolute Gasteiger partial charge is 0.494 e. The molecule has 1 saturated heterocycles. The van der Waals surface area contributed by atoms with E-state index in [1.165, 1.54) is 18.7 Å². The normalized spacial score (nSPS) is 23.4. The van der Waals surface area contributed by atoms with E-state index in [1.54, 1.807) is 0 Å². The molecule has 4 rings (SSSR count). The highest BCUT2D eigenvalue weighted by molar-refractivity contribution is 6.62. The maximum Gasteiger partial charge on any atom is 0.494 e. The Morgan fingerprint density at radius 2 is 1.77 bits per heavy atom. The molecule has 0 atom stereocenters. The summed E-state index contributed by atoms with van der Waals surface area (Å²) >= 11 is 0. The lowest BCUT2D eigenvalue weighted by atomic mass is 9.79. The molecule has 1 aliphatic carbocycles. The zero-order chi connectivity index (χ0) is 15.7. The average molecular weight is 298 g/mol. The van der Waals surface area contributed by atoms with Crippen LogP contribution in [0.2, 0.25) is 0 Å². The van der Waals surface area contributed by atoms with Gasteiger partial charge in [0.05, 0.1) is 22.2 Å². The van der Waals surface area contributed by atoms with Crippen molar-refractivity contribution in [2.45, 2.75) is 57.7 Å². The number of fused-ring (bicyclic) bond motifs is 1. The van der Waals surface area contributed by atoms with E-state index in [1.807, 2.05) is 0 Å². The zero-order valence-corrected chi connectivity index (χ0v) is 14.0. The molecule has 1 aromatic heterocycles. The van der Waals surface area contributed by atoms with Crippen molar-refractivity contribution in [3.8, 4) is 0 Å². The van der Waals surface area contributed by atoms with Gasteiger partial charge < -0.3 is 13.9 Å². The summed E-state index contributed by atoms with van der Waals surface area (Å²) in [5.74, 6) is 1.86. The molecule has 0 N–H and O–H groups in total. The predicted molar refractivity (Wildman–Crippen MR) is 88.4 cm³/mol. The van der Waals surface area contributed by atoms with E-state index in [0.717, 1.165) is 16.5 Å². The van der Waals surface area contributed by atoms with Gasteiger partial charge in [0.15, 0.2) is 0 Å². The predicted octanol–water partition coefficient (Wildman–Crippen LogP) is 2.75. The second-order valence-corrected chi connectivity index (χ2v) is 7.64. The number of benzene rings is 1. The van der Waals surface area contributed by atoms with Crippen LogP contribution in [0.4, 0.5) is 0 Å². The summed E-state index contributed by atoms with van der Waals surface area (Å²) in [4.78, 5) is 4.78. The summed E-state index contributed by atoms with van der Waals surface area (Å²) in [6, 6.07) is 6.33. The van der Waals surface area contributed by atoms with Gasteiger partial charge in [-0.3, -0.25) is 0 Å². The number of imidazole rings is 1. The van der Waals surface area contributed by atoms with Crippen LogP contribution in [0.1, 0.15) is 52.3 Å². The van der Waals surface area contributed by atoms with Crippen molar-refractivity contribution in [1.29, 1.82) is 0 Å². The Morgan fingerprint density at radius 1 is 1.14 bits per heavy atom. The molecule has 0 spiro atoms. The number of aromatic nitrogens is 2. The van der Waals surface area contributed by atoms with E-state index in [0.29, 0.717) is 5.92 Å². The van der Waals surface area contributed by atoms with Crippen molar-refractivity contribution in [2.75, 3.05) is 0 Å². The third-order valence-corrected chi connectivity index (χ3v) is 5.41. The van der Waals surface area contributed by atoms with Gasteiger partial charge in [-0.15, -0.1) is 0 Å². The van der Waals surface area contributed by atoms with Crippen molar-refractivity contribution in [3.05, 3.63) is 24.0 Å². The summed E-state index contributed by atoms with van der Waals surface area (Å²) in [7, 11) is 1.80. The molecule has 0 unspecified atom stereocenters. The topological polar surface area (TPSA) is 36.3 Å². The fourth-order valence-corrected chi connectivity index (χ4v) is 3.06. The number of hydrogen-bond donors (Lipinski definition) is 0. The molecular formula is C17H23BN2O2. The Labute approximate surface area is 132 Å². The van der Waals surface area contributed by atoms with Gasteiger partial charge in [0.2, 0.25) is 0 Å². The standard InChI is InChI=1S/C17H23BN2O2/c1-16(2)17(3,4)22-18(21-16)12-8-9-13-14(10-12)20(5)15(19-13)11-6-7-11/h8-11H,6-7H2,1-5H3. The smallest absolute Gasteiger partial charge is 0.399 e. The van der Waals surface area contributed by atoms with E-state index in [9.17, 15) is 0 Å². The second kappa shape index (κ2) is 4.36. The molecule has 0 radical (unpaired) electrons. The molecule has 1 saturated carbocycles. The van der Waals surface area contributed by atoms with Gasteiger partial charge in [-0.25, -0.2) is 4.98 Å². The van der Waals surface area contributed by atoms with Crippen molar-refractivity contribution < 1.29 is 9.31 Å². The maximum atomic E-state index is 6.15. The van der Waals surface area contributed by atoms with Crippen LogP contribution in [0.25, 0.3) is 11.0 Å². The molecule has 5 heteroatoms. The highest BCUT2D eigenvalue weighted by atomic mass is 16.7. The van der Waals surface area contributed by atoms with Gasteiger partial charge in [0.1, 0.15) is 5.82 Å². The third kappa shape index (κ3) is 2.03. The quantitative estimate of drug-likeness (QED) is 0.800. The van der Waals surface area contributed by atoms with Crippen LogP contribution in [-0.2, 0) is 16.4 Å². The van der Waals surface area contributed by atoms with Crippen molar-refractivity contribution in [2.24, 2.45) is 7.05 Å². The lowest BCUT2D eigenvalue weighted by Crippen LogP contribution is -2.41. The van der Waals surface area contributed by atoms with E-state index in [4.69, 9.17) is 14.3 Å². The Hall–Kier alpha value is -1.33. The van der Waals surface area contributed by atoms with Gasteiger partial charge in [-0.2, -0.15) is 0 Å². The molecular weight excluding hydrogens is 275 g/mol. The Balaban J connectivity index is 1.73. The number of rotatable bonds is 2. The van der Waals surface area contributed by atoms with Gasteiger partial charge >= 0.3 is 7.12 Å². The highest BCUT2D eigenvalue weighted by Gasteiger charge is 2.51. The molecule has 0 amide bonds. The van der Waals surface area contributed by atoms with Gasteiger partial charge in [-0.1, -0.05) is 6.07 Å². The summed E-state index contributed by atoms with van der Waals surface area (Å²) in [6.07, 6.45) is 2.53. The molecule has 2 fully saturated rings. The second-order valence-electron chi connectivity index (χ2n) is 7.64. The van der Waals surface area contributed by atoms with Gasteiger partial charge in [-0.05, 0) is 58.1 Å². The number of hydrogen-bond acceptors (Lipinski definition) is 3. The molecule has 2 aliphatic rings. The first-order chi connectivity index (χ1) is 10.3. The Bertz CT molecular complexity index is 730. The lowest BCUT2D eigenvalue weighted by Gasteiger charge is -2.32. The van der Waals surface area contributed by atoms with Crippen molar-refractivity contribution in [3.63, 3.8) is 0 Å². The molecule has 1 aliphatic heterocycles. The fraction of sp³-hybridized carbons (Fsp3) is 0.588. The summed E-state index contributed by atoms with van der Waals surface area (Å²) < 4.78 is 14.5. The first kappa shape index (κ1) is 14.3. The van der Waals surface area contributed by atoms with Crippen molar-refractivity contribution in [1.82, 2.24) is 9.55 Å². The SMILES string of the molecule is Cn1c(C2CC2)nc2ccc(B3OC(C)(C)C(C)(C)O3)cc21. The van der Waals surface area contributed by atoms with Crippen LogP contribution in [-0.4, -0.2) is 27.9 Å².